The zero-order valence-corrected chi connectivity index (χ0v) is 14.9. The van der Waals surface area contributed by atoms with E-state index in [0.29, 0.717) is 18.6 Å². The van der Waals surface area contributed by atoms with E-state index in [2.05, 4.69) is 20.4 Å². The Morgan fingerprint density at radius 3 is 2.17 bits per heavy atom. The molecule has 1 rings (SSSR count). The third-order valence-corrected chi connectivity index (χ3v) is 4.11. The summed E-state index contributed by atoms with van der Waals surface area (Å²) in [5, 5.41) is 0. The Labute approximate surface area is 139 Å². The summed E-state index contributed by atoms with van der Waals surface area (Å²) in [6, 6.07) is 7.52. The maximum Gasteiger partial charge on any atom is 0.159 e. The minimum Gasteiger partial charge on any atom is -0.371 e. The summed E-state index contributed by atoms with van der Waals surface area (Å²) in [6.07, 6.45) is 2.65. The lowest BCUT2D eigenvalue weighted by Gasteiger charge is -2.29. The summed E-state index contributed by atoms with van der Waals surface area (Å²) in [5.41, 5.74) is 1.18. The standard InChI is InChI=1S/C20H28O3/c1-7-18(22)14-19(3,4)12-13-23-20(5,6)17-10-8-16(9-11-17)15(2)21/h7-11H,1,12-14H2,2-6H3. The van der Waals surface area contributed by atoms with Crippen molar-refractivity contribution < 1.29 is 14.3 Å². The number of rotatable bonds is 9. The molecule has 0 radical (unpaired) electrons. The highest BCUT2D eigenvalue weighted by Crippen LogP contribution is 2.29. The van der Waals surface area contributed by atoms with Crippen LogP contribution in [0.5, 0.6) is 0 Å². The van der Waals surface area contributed by atoms with Gasteiger partial charge in [0.05, 0.1) is 5.60 Å². The molecule has 0 fully saturated rings. The fourth-order valence-corrected chi connectivity index (χ4v) is 2.40. The van der Waals surface area contributed by atoms with Crippen LogP contribution in [0.3, 0.4) is 0 Å². The molecule has 0 saturated heterocycles. The van der Waals surface area contributed by atoms with Crippen LogP contribution in [0.1, 0.15) is 63.4 Å². The summed E-state index contributed by atoms with van der Waals surface area (Å²) in [7, 11) is 0. The lowest BCUT2D eigenvalue weighted by Crippen LogP contribution is -2.25. The Kier molecular flexibility index (Phi) is 6.46. The molecule has 126 valence electrons. The van der Waals surface area contributed by atoms with Crippen LogP contribution in [-0.2, 0) is 15.1 Å². The Balaban J connectivity index is 2.63. The topological polar surface area (TPSA) is 43.4 Å². The summed E-state index contributed by atoms with van der Waals surface area (Å²) >= 11 is 0. The van der Waals surface area contributed by atoms with E-state index in [1.54, 1.807) is 6.92 Å². The molecule has 0 aliphatic heterocycles. The van der Waals surface area contributed by atoms with Gasteiger partial charge in [-0.05, 0) is 44.2 Å². The van der Waals surface area contributed by atoms with Gasteiger partial charge in [0.25, 0.3) is 0 Å². The first-order valence-corrected chi connectivity index (χ1v) is 7.98. The molecule has 0 saturated carbocycles. The van der Waals surface area contributed by atoms with Gasteiger partial charge in [-0.2, -0.15) is 0 Å². The molecule has 3 nitrogen and oxygen atoms in total. The second-order valence-corrected chi connectivity index (χ2v) is 7.25. The number of hydrogen-bond acceptors (Lipinski definition) is 3. The van der Waals surface area contributed by atoms with E-state index in [-0.39, 0.29) is 17.0 Å². The Bertz CT molecular complexity index is 565. The highest BCUT2D eigenvalue weighted by Gasteiger charge is 2.25. The van der Waals surface area contributed by atoms with Crippen molar-refractivity contribution in [2.75, 3.05) is 6.61 Å². The van der Waals surface area contributed by atoms with Crippen LogP contribution >= 0.6 is 0 Å². The molecule has 1 aromatic carbocycles. The summed E-state index contributed by atoms with van der Waals surface area (Å²) < 4.78 is 6.04. The predicted molar refractivity (Wildman–Crippen MR) is 93.6 cm³/mol. The first kappa shape index (κ1) is 19.3. The van der Waals surface area contributed by atoms with E-state index in [1.165, 1.54) is 6.08 Å². The predicted octanol–water partition coefficient (Wildman–Crippen LogP) is 4.70. The number of ether oxygens (including phenoxy) is 1. The van der Waals surface area contributed by atoms with E-state index >= 15 is 0 Å². The van der Waals surface area contributed by atoms with Crippen LogP contribution in [-0.4, -0.2) is 18.2 Å². The van der Waals surface area contributed by atoms with Crippen molar-refractivity contribution in [3.05, 3.63) is 48.0 Å². The zero-order chi connectivity index (χ0) is 17.7. The van der Waals surface area contributed by atoms with Gasteiger partial charge in [-0.1, -0.05) is 44.7 Å². The number of carbonyl (C=O) groups excluding carboxylic acids is 2. The van der Waals surface area contributed by atoms with Crippen molar-refractivity contribution in [2.24, 2.45) is 5.41 Å². The van der Waals surface area contributed by atoms with Gasteiger partial charge in [0.15, 0.2) is 11.6 Å². The van der Waals surface area contributed by atoms with Crippen LogP contribution < -0.4 is 0 Å². The van der Waals surface area contributed by atoms with Crippen molar-refractivity contribution in [3.63, 3.8) is 0 Å². The number of allylic oxidation sites excluding steroid dienone is 1. The fraction of sp³-hybridized carbons (Fsp3) is 0.500. The van der Waals surface area contributed by atoms with E-state index in [1.807, 2.05) is 38.1 Å². The maximum atomic E-state index is 11.5. The number of benzene rings is 1. The van der Waals surface area contributed by atoms with E-state index in [4.69, 9.17) is 4.74 Å². The quantitative estimate of drug-likeness (QED) is 0.490. The van der Waals surface area contributed by atoms with E-state index < -0.39 is 5.60 Å². The van der Waals surface area contributed by atoms with E-state index in [0.717, 1.165) is 12.0 Å². The number of hydrogen-bond donors (Lipinski definition) is 0. The SMILES string of the molecule is C=CC(=O)CC(C)(C)CCOC(C)(C)c1ccc(C(C)=O)cc1. The molecule has 0 N–H and O–H groups in total. The molecular weight excluding hydrogens is 288 g/mol. The Morgan fingerprint density at radius 2 is 1.70 bits per heavy atom. The largest absolute Gasteiger partial charge is 0.371 e. The molecule has 3 heteroatoms. The van der Waals surface area contributed by atoms with Crippen LogP contribution in [0.4, 0.5) is 0 Å². The molecule has 0 aromatic heterocycles. The fourth-order valence-electron chi connectivity index (χ4n) is 2.40. The van der Waals surface area contributed by atoms with Gasteiger partial charge in [0, 0.05) is 18.6 Å². The highest BCUT2D eigenvalue weighted by molar-refractivity contribution is 5.94. The monoisotopic (exact) mass is 316 g/mol. The van der Waals surface area contributed by atoms with Crippen LogP contribution in [0.25, 0.3) is 0 Å². The average Bonchev–Trinajstić information content (AvgIpc) is 2.46. The third-order valence-electron chi connectivity index (χ3n) is 4.11. The summed E-state index contributed by atoms with van der Waals surface area (Å²) in [4.78, 5) is 22.8. The van der Waals surface area contributed by atoms with Gasteiger partial charge in [0.1, 0.15) is 0 Å². The number of carbonyl (C=O) groups is 2. The molecule has 0 aliphatic carbocycles. The molecule has 0 bridgehead atoms. The van der Waals surface area contributed by atoms with Gasteiger partial charge in [0.2, 0.25) is 0 Å². The average molecular weight is 316 g/mol. The van der Waals surface area contributed by atoms with Gasteiger partial charge >= 0.3 is 0 Å². The maximum absolute atomic E-state index is 11.5. The van der Waals surface area contributed by atoms with Crippen molar-refractivity contribution in [3.8, 4) is 0 Å². The second kappa shape index (κ2) is 7.69. The Morgan fingerprint density at radius 1 is 1.13 bits per heavy atom. The molecule has 1 aromatic rings. The minimum absolute atomic E-state index is 0.0592. The molecule has 0 amide bonds. The summed E-state index contributed by atoms with van der Waals surface area (Å²) in [5.74, 6) is 0.123. The first-order valence-electron chi connectivity index (χ1n) is 7.98. The van der Waals surface area contributed by atoms with Gasteiger partial charge in [-0.15, -0.1) is 0 Å². The molecular formula is C20H28O3. The zero-order valence-electron chi connectivity index (χ0n) is 14.9. The van der Waals surface area contributed by atoms with Crippen LogP contribution in [0.2, 0.25) is 0 Å². The summed E-state index contributed by atoms with van der Waals surface area (Å²) in [6.45, 7) is 13.8. The van der Waals surface area contributed by atoms with Crippen molar-refractivity contribution >= 4 is 11.6 Å². The van der Waals surface area contributed by atoms with Crippen molar-refractivity contribution in [1.29, 1.82) is 0 Å². The van der Waals surface area contributed by atoms with Crippen LogP contribution in [0.15, 0.2) is 36.9 Å². The van der Waals surface area contributed by atoms with Crippen LogP contribution in [0, 0.1) is 5.41 Å². The van der Waals surface area contributed by atoms with Gasteiger partial charge < -0.3 is 4.74 Å². The minimum atomic E-state index is -0.437. The van der Waals surface area contributed by atoms with E-state index in [9.17, 15) is 9.59 Å². The smallest absolute Gasteiger partial charge is 0.159 e. The molecule has 0 aliphatic rings. The number of ketones is 2. The lowest BCUT2D eigenvalue weighted by molar-refractivity contribution is -0.116. The molecule has 0 heterocycles. The van der Waals surface area contributed by atoms with Crippen molar-refractivity contribution in [2.45, 2.75) is 53.1 Å². The molecule has 0 atom stereocenters. The lowest BCUT2D eigenvalue weighted by atomic mass is 9.84. The second-order valence-electron chi connectivity index (χ2n) is 7.25. The Hall–Kier alpha value is -1.74. The van der Waals surface area contributed by atoms with Crippen molar-refractivity contribution in [1.82, 2.24) is 0 Å². The first-order chi connectivity index (χ1) is 10.6. The highest BCUT2D eigenvalue weighted by atomic mass is 16.5. The normalized spacial score (nSPS) is 12.0. The molecule has 23 heavy (non-hydrogen) atoms. The molecule has 0 spiro atoms. The number of Topliss-reactive ketones (excluding diaryl/α,β-unsaturated/α-hetero) is 1. The molecule has 0 unspecified atom stereocenters. The van der Waals surface area contributed by atoms with Gasteiger partial charge in [-0.3, -0.25) is 9.59 Å². The van der Waals surface area contributed by atoms with Gasteiger partial charge in [-0.25, -0.2) is 0 Å². The third kappa shape index (κ3) is 6.11.